The van der Waals surface area contributed by atoms with Crippen LogP contribution in [-0.4, -0.2) is 56.0 Å². The first-order valence-electron chi connectivity index (χ1n) is 8.35. The lowest BCUT2D eigenvalue weighted by molar-refractivity contribution is 0.0763. The maximum Gasteiger partial charge on any atom is 0.254 e. The lowest BCUT2D eigenvalue weighted by atomic mass is 9.85. The van der Waals surface area contributed by atoms with E-state index in [-0.39, 0.29) is 11.3 Å². The van der Waals surface area contributed by atoms with Crippen LogP contribution in [0.25, 0.3) is 0 Å². The third-order valence-corrected chi connectivity index (χ3v) is 5.84. The molecule has 0 aliphatic carbocycles. The number of sulfonamides is 1. The van der Waals surface area contributed by atoms with Crippen molar-refractivity contribution in [3.05, 3.63) is 34.9 Å². The summed E-state index contributed by atoms with van der Waals surface area (Å²) in [6, 6.07) is 5.99. The fourth-order valence-corrected chi connectivity index (χ4v) is 3.84. The normalized spacial score (nSPS) is 17.6. The number of benzene rings is 1. The molecule has 0 saturated carbocycles. The van der Waals surface area contributed by atoms with Gasteiger partial charge < -0.3 is 4.90 Å². The zero-order valence-electron chi connectivity index (χ0n) is 15.3. The molecule has 1 amide bonds. The van der Waals surface area contributed by atoms with Gasteiger partial charge in [0.25, 0.3) is 5.91 Å². The number of nitrogens with zero attached hydrogens (tertiary/aromatic N) is 2. The molecule has 1 fully saturated rings. The molecular formula is C18H28N2O3S. The Bertz CT molecular complexity index is 720. The Morgan fingerprint density at radius 1 is 1.08 bits per heavy atom. The van der Waals surface area contributed by atoms with E-state index < -0.39 is 10.0 Å². The Morgan fingerprint density at radius 2 is 1.75 bits per heavy atom. The molecule has 1 aromatic carbocycles. The van der Waals surface area contributed by atoms with Crippen molar-refractivity contribution in [2.24, 2.45) is 0 Å². The smallest absolute Gasteiger partial charge is 0.254 e. The molecule has 0 atom stereocenters. The minimum absolute atomic E-state index is 0.0108. The number of aryl methyl sites for hydroxylation is 1. The summed E-state index contributed by atoms with van der Waals surface area (Å²) < 4.78 is 24.8. The molecule has 0 aromatic heterocycles. The maximum atomic E-state index is 12.8. The topological polar surface area (TPSA) is 57.7 Å². The lowest BCUT2D eigenvalue weighted by Gasteiger charge is -2.24. The van der Waals surface area contributed by atoms with Crippen molar-refractivity contribution >= 4 is 15.9 Å². The highest BCUT2D eigenvalue weighted by molar-refractivity contribution is 7.88. The van der Waals surface area contributed by atoms with E-state index in [0.29, 0.717) is 38.2 Å². The summed E-state index contributed by atoms with van der Waals surface area (Å²) in [5.41, 5.74) is 2.92. The van der Waals surface area contributed by atoms with E-state index in [9.17, 15) is 13.2 Å². The highest BCUT2D eigenvalue weighted by Crippen LogP contribution is 2.25. The Labute approximate surface area is 145 Å². The third kappa shape index (κ3) is 4.36. The van der Waals surface area contributed by atoms with Crippen LogP contribution < -0.4 is 0 Å². The Morgan fingerprint density at radius 3 is 2.29 bits per heavy atom. The van der Waals surface area contributed by atoms with Gasteiger partial charge in [-0.2, -0.15) is 0 Å². The summed E-state index contributed by atoms with van der Waals surface area (Å²) in [5, 5.41) is 0. The zero-order chi connectivity index (χ0) is 18.1. The van der Waals surface area contributed by atoms with Crippen molar-refractivity contribution in [3.63, 3.8) is 0 Å². The summed E-state index contributed by atoms with van der Waals surface area (Å²) in [7, 11) is -3.20. The van der Waals surface area contributed by atoms with Crippen LogP contribution in [0.4, 0.5) is 0 Å². The van der Waals surface area contributed by atoms with E-state index in [4.69, 9.17) is 0 Å². The van der Waals surface area contributed by atoms with Gasteiger partial charge in [-0.05, 0) is 36.0 Å². The molecule has 1 aliphatic heterocycles. The van der Waals surface area contributed by atoms with Crippen LogP contribution in [0, 0.1) is 6.92 Å². The molecule has 0 unspecified atom stereocenters. The quantitative estimate of drug-likeness (QED) is 0.821. The van der Waals surface area contributed by atoms with Crippen LogP contribution in [-0.2, 0) is 15.4 Å². The van der Waals surface area contributed by atoms with Crippen molar-refractivity contribution in [2.45, 2.75) is 39.5 Å². The van der Waals surface area contributed by atoms with Gasteiger partial charge in [-0.25, -0.2) is 12.7 Å². The molecular weight excluding hydrogens is 324 g/mol. The van der Waals surface area contributed by atoms with Gasteiger partial charge in [0.15, 0.2) is 0 Å². The van der Waals surface area contributed by atoms with Gasteiger partial charge in [0, 0.05) is 31.7 Å². The SMILES string of the molecule is Cc1cc(C(C)(C)C)ccc1C(=O)N1CCCN(S(C)(=O)=O)CC1. The van der Waals surface area contributed by atoms with E-state index in [1.54, 1.807) is 4.90 Å². The standard InChI is InChI=1S/C18H28N2O3S/c1-14-13-15(18(2,3)4)7-8-16(14)17(21)19-9-6-10-20(12-11-19)24(5,22)23/h7-8,13H,6,9-12H2,1-5H3. The highest BCUT2D eigenvalue weighted by Gasteiger charge is 2.25. The summed E-state index contributed by atoms with van der Waals surface area (Å²) in [6.07, 6.45) is 1.89. The molecule has 1 aliphatic rings. The monoisotopic (exact) mass is 352 g/mol. The van der Waals surface area contributed by atoms with Crippen LogP contribution >= 0.6 is 0 Å². The molecule has 5 nitrogen and oxygen atoms in total. The molecule has 24 heavy (non-hydrogen) atoms. The van der Waals surface area contributed by atoms with Crippen molar-refractivity contribution in [2.75, 3.05) is 32.4 Å². The second-order valence-corrected chi connectivity index (χ2v) is 9.57. The first-order valence-corrected chi connectivity index (χ1v) is 10.2. The average molecular weight is 353 g/mol. The number of hydrogen-bond donors (Lipinski definition) is 0. The van der Waals surface area contributed by atoms with E-state index >= 15 is 0 Å². The number of hydrogen-bond acceptors (Lipinski definition) is 3. The summed E-state index contributed by atoms with van der Waals surface area (Å²) >= 11 is 0. The maximum absolute atomic E-state index is 12.8. The highest BCUT2D eigenvalue weighted by atomic mass is 32.2. The predicted octanol–water partition coefficient (Wildman–Crippen LogP) is 2.40. The second kappa shape index (κ2) is 6.84. The fourth-order valence-electron chi connectivity index (χ4n) is 2.97. The Balaban J connectivity index is 2.17. The first kappa shape index (κ1) is 18.9. The average Bonchev–Trinajstić information content (AvgIpc) is 2.71. The Hall–Kier alpha value is -1.40. The summed E-state index contributed by atoms with van der Waals surface area (Å²) in [5.74, 6) is -0.0108. The van der Waals surface area contributed by atoms with Crippen LogP contribution in [0.3, 0.4) is 0 Å². The van der Waals surface area contributed by atoms with Crippen LogP contribution in [0.2, 0.25) is 0 Å². The minimum atomic E-state index is -3.20. The molecule has 0 spiro atoms. The zero-order valence-corrected chi connectivity index (χ0v) is 16.1. The van der Waals surface area contributed by atoms with Gasteiger partial charge in [-0.15, -0.1) is 0 Å². The number of amides is 1. The van der Waals surface area contributed by atoms with E-state index in [0.717, 1.165) is 5.56 Å². The van der Waals surface area contributed by atoms with Gasteiger partial charge in [0.2, 0.25) is 10.0 Å². The van der Waals surface area contributed by atoms with Gasteiger partial charge in [0.1, 0.15) is 0 Å². The van der Waals surface area contributed by atoms with Crippen LogP contribution in [0.5, 0.6) is 0 Å². The van der Waals surface area contributed by atoms with Gasteiger partial charge in [-0.1, -0.05) is 32.9 Å². The van der Waals surface area contributed by atoms with Gasteiger partial charge in [0.05, 0.1) is 6.26 Å². The first-order chi connectivity index (χ1) is 11.0. The summed E-state index contributed by atoms with van der Waals surface area (Å²) in [6.45, 7) is 10.3. The van der Waals surface area contributed by atoms with Crippen LogP contribution in [0.1, 0.15) is 48.7 Å². The molecule has 134 valence electrons. The molecule has 6 heteroatoms. The van der Waals surface area contributed by atoms with Crippen molar-refractivity contribution < 1.29 is 13.2 Å². The largest absolute Gasteiger partial charge is 0.337 e. The van der Waals surface area contributed by atoms with E-state index in [1.807, 2.05) is 19.1 Å². The minimum Gasteiger partial charge on any atom is -0.337 e. The Kier molecular flexibility index (Phi) is 5.40. The molecule has 0 bridgehead atoms. The molecule has 0 radical (unpaired) electrons. The summed E-state index contributed by atoms with van der Waals surface area (Å²) in [4.78, 5) is 14.6. The number of rotatable bonds is 2. The molecule has 1 heterocycles. The van der Waals surface area contributed by atoms with Crippen molar-refractivity contribution in [1.82, 2.24) is 9.21 Å². The number of carbonyl (C=O) groups excluding carboxylic acids is 1. The third-order valence-electron chi connectivity index (χ3n) is 4.53. The van der Waals surface area contributed by atoms with Gasteiger partial charge >= 0.3 is 0 Å². The van der Waals surface area contributed by atoms with E-state index in [1.165, 1.54) is 16.1 Å². The fraction of sp³-hybridized carbons (Fsp3) is 0.611. The van der Waals surface area contributed by atoms with Crippen molar-refractivity contribution in [1.29, 1.82) is 0 Å². The molecule has 1 aromatic rings. The molecule has 1 saturated heterocycles. The molecule has 2 rings (SSSR count). The van der Waals surface area contributed by atoms with Gasteiger partial charge in [-0.3, -0.25) is 4.79 Å². The second-order valence-electron chi connectivity index (χ2n) is 7.59. The van der Waals surface area contributed by atoms with E-state index in [2.05, 4.69) is 26.8 Å². The predicted molar refractivity (Wildman–Crippen MR) is 96.8 cm³/mol. The number of carbonyl (C=O) groups is 1. The van der Waals surface area contributed by atoms with Crippen LogP contribution in [0.15, 0.2) is 18.2 Å². The molecule has 0 N–H and O–H groups in total. The lowest BCUT2D eigenvalue weighted by Crippen LogP contribution is -2.37. The van der Waals surface area contributed by atoms with Crippen molar-refractivity contribution in [3.8, 4) is 0 Å².